The van der Waals surface area contributed by atoms with Crippen LogP contribution in [0.2, 0.25) is 0 Å². The van der Waals surface area contributed by atoms with Gasteiger partial charge in [0.1, 0.15) is 5.82 Å². The fourth-order valence-corrected chi connectivity index (χ4v) is 4.84. The predicted molar refractivity (Wildman–Crippen MR) is 132 cm³/mol. The second kappa shape index (κ2) is 10.1. The van der Waals surface area contributed by atoms with Crippen molar-refractivity contribution in [1.29, 1.82) is 0 Å². The highest BCUT2D eigenvalue weighted by molar-refractivity contribution is 6.08. The zero-order valence-corrected chi connectivity index (χ0v) is 19.1. The SMILES string of the molecule is O=C(OCC(=O)N1N=C2C(=Cc3ccccc3)CCCC2C1c1ccccc1)c1ccccc1F. The Hall–Kier alpha value is -4.06. The normalized spacial score (nSPS) is 20.3. The second-order valence-corrected chi connectivity index (χ2v) is 8.71. The van der Waals surface area contributed by atoms with E-state index in [2.05, 4.69) is 6.08 Å². The van der Waals surface area contributed by atoms with E-state index in [1.54, 1.807) is 6.07 Å². The third-order valence-electron chi connectivity index (χ3n) is 6.46. The zero-order chi connectivity index (χ0) is 24.2. The van der Waals surface area contributed by atoms with Crippen LogP contribution >= 0.6 is 0 Å². The van der Waals surface area contributed by atoms with Gasteiger partial charge < -0.3 is 4.74 Å². The smallest absolute Gasteiger partial charge is 0.341 e. The summed E-state index contributed by atoms with van der Waals surface area (Å²) in [5.41, 5.74) is 3.89. The quantitative estimate of drug-likeness (QED) is 0.444. The van der Waals surface area contributed by atoms with Gasteiger partial charge in [0, 0.05) is 5.92 Å². The predicted octanol–water partition coefficient (Wildman–Crippen LogP) is 5.81. The largest absolute Gasteiger partial charge is 0.452 e. The van der Waals surface area contributed by atoms with Gasteiger partial charge in [0.25, 0.3) is 5.91 Å². The summed E-state index contributed by atoms with van der Waals surface area (Å²) in [4.78, 5) is 25.7. The highest BCUT2D eigenvalue weighted by Gasteiger charge is 2.43. The van der Waals surface area contributed by atoms with Crippen LogP contribution in [0.15, 0.2) is 95.6 Å². The molecule has 3 aromatic carbocycles. The fourth-order valence-electron chi connectivity index (χ4n) is 4.84. The average Bonchev–Trinajstić information content (AvgIpc) is 3.29. The molecule has 2 unspecified atom stereocenters. The van der Waals surface area contributed by atoms with Gasteiger partial charge in [-0.15, -0.1) is 0 Å². The number of carbonyl (C=O) groups excluding carboxylic acids is 2. The van der Waals surface area contributed by atoms with Crippen molar-refractivity contribution in [3.63, 3.8) is 0 Å². The van der Waals surface area contributed by atoms with Crippen LogP contribution in [0.4, 0.5) is 4.39 Å². The molecule has 2 aliphatic rings. The first-order chi connectivity index (χ1) is 17.1. The number of nitrogens with zero attached hydrogens (tertiary/aromatic N) is 2. The molecule has 5 nitrogen and oxygen atoms in total. The van der Waals surface area contributed by atoms with Crippen molar-refractivity contribution in [3.8, 4) is 0 Å². The van der Waals surface area contributed by atoms with E-state index >= 15 is 0 Å². The van der Waals surface area contributed by atoms with E-state index in [9.17, 15) is 14.0 Å². The molecule has 1 aliphatic heterocycles. The number of hydrazone groups is 1. The molecular weight excluding hydrogens is 443 g/mol. The van der Waals surface area contributed by atoms with Crippen LogP contribution in [-0.4, -0.2) is 29.2 Å². The van der Waals surface area contributed by atoms with Crippen LogP contribution in [0.5, 0.6) is 0 Å². The Morgan fingerprint density at radius 1 is 0.971 bits per heavy atom. The summed E-state index contributed by atoms with van der Waals surface area (Å²) in [5.74, 6) is -1.95. The maximum absolute atomic E-state index is 13.9. The molecule has 176 valence electrons. The molecule has 0 saturated heterocycles. The lowest BCUT2D eigenvalue weighted by atomic mass is 9.77. The van der Waals surface area contributed by atoms with Gasteiger partial charge in [-0.25, -0.2) is 14.2 Å². The van der Waals surface area contributed by atoms with Crippen molar-refractivity contribution in [2.75, 3.05) is 6.61 Å². The molecule has 0 N–H and O–H groups in total. The van der Waals surface area contributed by atoms with E-state index in [0.717, 1.165) is 41.7 Å². The number of benzene rings is 3. The zero-order valence-electron chi connectivity index (χ0n) is 19.1. The van der Waals surface area contributed by atoms with Crippen molar-refractivity contribution >= 4 is 23.7 Å². The first kappa shape index (κ1) is 22.7. The third kappa shape index (κ3) is 4.78. The molecule has 2 atom stereocenters. The summed E-state index contributed by atoms with van der Waals surface area (Å²) in [7, 11) is 0. The standard InChI is InChI=1S/C29H25FN2O3/c30-25-17-8-7-15-23(25)29(34)35-19-26(33)32-28(21-12-5-2-6-13-21)24-16-9-14-22(27(24)31-32)18-20-10-3-1-4-11-20/h1-8,10-13,15,17-18,24,28H,9,14,16,19H2. The van der Waals surface area contributed by atoms with Gasteiger partial charge in [0.05, 0.1) is 17.3 Å². The number of amides is 1. The number of esters is 1. The van der Waals surface area contributed by atoms with Crippen LogP contribution in [0.1, 0.15) is 46.8 Å². The van der Waals surface area contributed by atoms with Crippen LogP contribution in [0.25, 0.3) is 6.08 Å². The summed E-state index contributed by atoms with van der Waals surface area (Å²) in [6.07, 6.45) is 4.93. The van der Waals surface area contributed by atoms with Gasteiger partial charge in [0.2, 0.25) is 0 Å². The molecule has 0 bridgehead atoms. The second-order valence-electron chi connectivity index (χ2n) is 8.71. The topological polar surface area (TPSA) is 59.0 Å². The molecule has 0 aromatic heterocycles. The van der Waals surface area contributed by atoms with Crippen LogP contribution in [0.3, 0.4) is 0 Å². The summed E-state index contributed by atoms with van der Waals surface area (Å²) < 4.78 is 19.1. The number of ether oxygens (including phenoxy) is 1. The van der Waals surface area contributed by atoms with Gasteiger partial charge >= 0.3 is 5.97 Å². The molecule has 5 rings (SSSR count). The van der Waals surface area contributed by atoms with Crippen LogP contribution < -0.4 is 0 Å². The van der Waals surface area contributed by atoms with Crippen molar-refractivity contribution in [2.45, 2.75) is 25.3 Å². The fraction of sp³-hybridized carbons (Fsp3) is 0.207. The summed E-state index contributed by atoms with van der Waals surface area (Å²) in [6.45, 7) is -0.516. The Kier molecular flexibility index (Phi) is 6.53. The van der Waals surface area contributed by atoms with E-state index in [1.165, 1.54) is 23.2 Å². The van der Waals surface area contributed by atoms with Gasteiger partial charge in [-0.05, 0) is 54.2 Å². The van der Waals surface area contributed by atoms with Crippen molar-refractivity contribution in [1.82, 2.24) is 5.01 Å². The molecule has 3 aromatic rings. The monoisotopic (exact) mass is 468 g/mol. The Morgan fingerprint density at radius 2 is 1.66 bits per heavy atom. The van der Waals surface area contributed by atoms with Crippen LogP contribution in [0, 0.1) is 11.7 Å². The number of carbonyl (C=O) groups is 2. The Morgan fingerprint density at radius 3 is 2.40 bits per heavy atom. The maximum Gasteiger partial charge on any atom is 0.341 e. The van der Waals surface area contributed by atoms with Gasteiger partial charge in [-0.3, -0.25) is 4.79 Å². The molecule has 1 heterocycles. The van der Waals surface area contributed by atoms with Crippen molar-refractivity contribution < 1.29 is 18.7 Å². The number of fused-ring (bicyclic) bond motifs is 1. The lowest BCUT2D eigenvalue weighted by molar-refractivity contribution is -0.137. The van der Waals surface area contributed by atoms with Crippen molar-refractivity contribution in [3.05, 3.63) is 113 Å². The third-order valence-corrected chi connectivity index (χ3v) is 6.46. The highest BCUT2D eigenvalue weighted by atomic mass is 19.1. The van der Waals surface area contributed by atoms with E-state index in [0.29, 0.717) is 0 Å². The Bertz CT molecular complexity index is 1290. The molecule has 1 fully saturated rings. The summed E-state index contributed by atoms with van der Waals surface area (Å²) in [6, 6.07) is 25.1. The molecule has 0 spiro atoms. The van der Waals surface area contributed by atoms with Gasteiger partial charge in [-0.2, -0.15) is 5.10 Å². The molecule has 6 heteroatoms. The maximum atomic E-state index is 13.9. The first-order valence-corrected chi connectivity index (χ1v) is 11.7. The van der Waals surface area contributed by atoms with Crippen LogP contribution in [-0.2, 0) is 9.53 Å². The highest BCUT2D eigenvalue weighted by Crippen LogP contribution is 2.44. The minimum atomic E-state index is -0.873. The molecule has 1 amide bonds. The molecule has 35 heavy (non-hydrogen) atoms. The Labute approximate surface area is 203 Å². The first-order valence-electron chi connectivity index (χ1n) is 11.7. The minimum Gasteiger partial charge on any atom is -0.452 e. The average molecular weight is 469 g/mol. The number of halogens is 1. The van der Waals surface area contributed by atoms with Gasteiger partial charge in [-0.1, -0.05) is 72.8 Å². The van der Waals surface area contributed by atoms with E-state index in [-0.39, 0.29) is 17.5 Å². The lowest BCUT2D eigenvalue weighted by Crippen LogP contribution is -2.34. The molecule has 1 saturated carbocycles. The lowest BCUT2D eigenvalue weighted by Gasteiger charge is -2.29. The van der Waals surface area contributed by atoms with Gasteiger partial charge in [0.15, 0.2) is 6.61 Å². The summed E-state index contributed by atoms with van der Waals surface area (Å²) >= 11 is 0. The number of rotatable bonds is 5. The minimum absolute atomic E-state index is 0.0485. The van der Waals surface area contributed by atoms with E-state index in [4.69, 9.17) is 9.84 Å². The van der Waals surface area contributed by atoms with E-state index < -0.39 is 24.3 Å². The Balaban J connectivity index is 1.43. The molecular formula is C29H25FN2O3. The molecule has 0 radical (unpaired) electrons. The number of allylic oxidation sites excluding steroid dienone is 1. The van der Waals surface area contributed by atoms with Crippen molar-refractivity contribution in [2.24, 2.45) is 11.0 Å². The number of hydrogen-bond donors (Lipinski definition) is 0. The number of hydrogen-bond acceptors (Lipinski definition) is 4. The summed E-state index contributed by atoms with van der Waals surface area (Å²) in [5, 5.41) is 6.23. The molecule has 1 aliphatic carbocycles. The van der Waals surface area contributed by atoms with E-state index in [1.807, 2.05) is 60.7 Å².